The second-order valence-corrected chi connectivity index (χ2v) is 8.85. The predicted molar refractivity (Wildman–Crippen MR) is 143 cm³/mol. The van der Waals surface area contributed by atoms with Gasteiger partial charge in [0.1, 0.15) is 22.9 Å². The number of carbonyl (C=O) groups is 1. The third kappa shape index (κ3) is 5.30. The summed E-state index contributed by atoms with van der Waals surface area (Å²) in [5.41, 5.74) is 1.02. The van der Waals surface area contributed by atoms with Gasteiger partial charge in [0.05, 0.1) is 11.9 Å². The molecule has 0 spiro atoms. The highest BCUT2D eigenvalue weighted by Crippen LogP contribution is 2.32. The maximum absolute atomic E-state index is 13.4. The van der Waals surface area contributed by atoms with Gasteiger partial charge in [-0.05, 0) is 55.0 Å². The van der Waals surface area contributed by atoms with Gasteiger partial charge in [0.2, 0.25) is 0 Å². The molecule has 0 amide bonds. The number of nitrogens with zero attached hydrogens (tertiary/aromatic N) is 5. The zero-order chi connectivity index (χ0) is 27.5. The van der Waals surface area contributed by atoms with Crippen LogP contribution in [0, 0.1) is 5.82 Å². The number of ketones is 1. The summed E-state index contributed by atoms with van der Waals surface area (Å²) < 4.78 is 23.3. The molecule has 39 heavy (non-hydrogen) atoms. The SMILES string of the molecule is CCn1cc(C(=O)Cc2ccc(Oc3ccncc3-c3cnn(C)c3)cc2)c(=O)n(-c2ccc(F)cc2)c1=O. The van der Waals surface area contributed by atoms with Crippen LogP contribution in [0.15, 0.2) is 95.2 Å². The number of hydrogen-bond acceptors (Lipinski definition) is 6. The lowest BCUT2D eigenvalue weighted by Gasteiger charge is -2.12. The first kappa shape index (κ1) is 25.5. The third-order valence-corrected chi connectivity index (χ3v) is 6.19. The molecule has 0 atom stereocenters. The zero-order valence-corrected chi connectivity index (χ0v) is 21.2. The number of hydrogen-bond donors (Lipinski definition) is 0. The van der Waals surface area contributed by atoms with Crippen LogP contribution in [0.2, 0.25) is 0 Å². The van der Waals surface area contributed by atoms with Crippen molar-refractivity contribution in [3.05, 3.63) is 123 Å². The lowest BCUT2D eigenvalue weighted by molar-refractivity contribution is 0.0990. The standard InChI is InChI=1S/C29H24FN5O4/c1-3-34-18-25(28(37)35(29(34)38)22-8-6-21(30)7-9-22)26(36)14-19-4-10-23(11-5-19)39-27-12-13-31-16-24(27)20-15-32-33(2)17-20/h4-13,15-18H,3,14H2,1-2H3. The molecule has 0 saturated heterocycles. The minimum Gasteiger partial charge on any atom is -0.457 e. The summed E-state index contributed by atoms with van der Waals surface area (Å²) in [6, 6.07) is 13.7. The number of halogens is 1. The zero-order valence-electron chi connectivity index (χ0n) is 21.2. The van der Waals surface area contributed by atoms with Gasteiger partial charge in [-0.2, -0.15) is 5.10 Å². The lowest BCUT2D eigenvalue weighted by atomic mass is 10.0. The second kappa shape index (κ2) is 10.7. The Labute approximate surface area is 222 Å². The Bertz CT molecular complexity index is 1770. The number of rotatable bonds is 8. The molecule has 2 aromatic carbocycles. The van der Waals surface area contributed by atoms with Crippen molar-refractivity contribution < 1.29 is 13.9 Å². The fourth-order valence-corrected chi connectivity index (χ4v) is 4.17. The Hall–Kier alpha value is -5.12. The molecular formula is C29H24FN5O4. The van der Waals surface area contributed by atoms with Crippen LogP contribution in [0.1, 0.15) is 22.8 Å². The van der Waals surface area contributed by atoms with E-state index in [1.54, 1.807) is 60.5 Å². The molecule has 9 nitrogen and oxygen atoms in total. The molecule has 0 aliphatic heterocycles. The third-order valence-electron chi connectivity index (χ3n) is 6.19. The van der Waals surface area contributed by atoms with Crippen LogP contribution in [0.3, 0.4) is 0 Å². The molecule has 10 heteroatoms. The van der Waals surface area contributed by atoms with Gasteiger partial charge in [-0.25, -0.2) is 13.8 Å². The van der Waals surface area contributed by atoms with Crippen LogP contribution in [0.4, 0.5) is 4.39 Å². The molecule has 3 heterocycles. The summed E-state index contributed by atoms with van der Waals surface area (Å²) in [5.74, 6) is 0.213. The normalized spacial score (nSPS) is 10.9. The summed E-state index contributed by atoms with van der Waals surface area (Å²) in [7, 11) is 1.83. The summed E-state index contributed by atoms with van der Waals surface area (Å²) in [6.07, 6.45) is 8.16. The summed E-state index contributed by atoms with van der Waals surface area (Å²) in [4.78, 5) is 43.4. The quantitative estimate of drug-likeness (QED) is 0.282. The van der Waals surface area contributed by atoms with Crippen molar-refractivity contribution in [2.24, 2.45) is 7.05 Å². The Morgan fingerprint density at radius 1 is 0.974 bits per heavy atom. The van der Waals surface area contributed by atoms with E-state index >= 15 is 0 Å². The number of benzene rings is 2. The van der Waals surface area contributed by atoms with Crippen LogP contribution in [-0.4, -0.2) is 29.7 Å². The van der Waals surface area contributed by atoms with Crippen LogP contribution in [-0.2, 0) is 20.0 Å². The average molecular weight is 526 g/mol. The van der Waals surface area contributed by atoms with E-state index in [9.17, 15) is 18.8 Å². The molecule has 0 fully saturated rings. The minimum atomic E-state index is -0.748. The molecular weight excluding hydrogens is 501 g/mol. The van der Waals surface area contributed by atoms with E-state index in [2.05, 4.69) is 10.1 Å². The molecule has 196 valence electrons. The summed E-state index contributed by atoms with van der Waals surface area (Å²) in [6.45, 7) is 1.99. The first-order valence-electron chi connectivity index (χ1n) is 12.2. The van der Waals surface area contributed by atoms with Gasteiger partial charge in [0, 0.05) is 55.9 Å². The van der Waals surface area contributed by atoms with Crippen molar-refractivity contribution in [2.75, 3.05) is 0 Å². The van der Waals surface area contributed by atoms with E-state index in [1.165, 1.54) is 22.9 Å². The highest BCUT2D eigenvalue weighted by atomic mass is 19.1. The number of aryl methyl sites for hydroxylation is 2. The molecule has 0 aliphatic rings. The van der Waals surface area contributed by atoms with E-state index in [4.69, 9.17) is 4.74 Å². The van der Waals surface area contributed by atoms with E-state index in [1.807, 2.05) is 13.2 Å². The minimum absolute atomic E-state index is 0.0585. The number of carbonyl (C=O) groups excluding carboxylic acids is 1. The van der Waals surface area contributed by atoms with Crippen molar-refractivity contribution in [3.8, 4) is 28.3 Å². The number of pyridine rings is 1. The largest absolute Gasteiger partial charge is 0.457 e. The molecule has 3 aromatic heterocycles. The maximum atomic E-state index is 13.4. The molecule has 5 aromatic rings. The topological polar surface area (TPSA) is 101 Å². The van der Waals surface area contributed by atoms with Crippen molar-refractivity contribution in [1.29, 1.82) is 0 Å². The van der Waals surface area contributed by atoms with Crippen LogP contribution in [0.5, 0.6) is 11.5 Å². The Balaban J connectivity index is 1.39. The maximum Gasteiger partial charge on any atom is 0.335 e. The molecule has 0 N–H and O–H groups in total. The number of ether oxygens (including phenoxy) is 1. The van der Waals surface area contributed by atoms with Gasteiger partial charge in [0.15, 0.2) is 5.78 Å². The van der Waals surface area contributed by atoms with E-state index in [-0.39, 0.29) is 24.2 Å². The Kier molecular flexibility index (Phi) is 7.00. The summed E-state index contributed by atoms with van der Waals surface area (Å²) >= 11 is 0. The van der Waals surface area contributed by atoms with Crippen molar-refractivity contribution >= 4 is 5.78 Å². The van der Waals surface area contributed by atoms with Gasteiger partial charge >= 0.3 is 5.69 Å². The fraction of sp³-hybridized carbons (Fsp3) is 0.138. The highest BCUT2D eigenvalue weighted by molar-refractivity contribution is 5.97. The fourth-order valence-electron chi connectivity index (χ4n) is 4.17. The van der Waals surface area contributed by atoms with Crippen molar-refractivity contribution in [2.45, 2.75) is 19.9 Å². The van der Waals surface area contributed by atoms with Crippen LogP contribution >= 0.6 is 0 Å². The van der Waals surface area contributed by atoms with Gasteiger partial charge in [-0.1, -0.05) is 12.1 Å². The first-order valence-corrected chi connectivity index (χ1v) is 12.2. The van der Waals surface area contributed by atoms with E-state index in [0.29, 0.717) is 17.1 Å². The van der Waals surface area contributed by atoms with Gasteiger partial charge < -0.3 is 4.74 Å². The first-order chi connectivity index (χ1) is 18.8. The molecule has 0 bridgehead atoms. The predicted octanol–water partition coefficient (Wildman–Crippen LogP) is 4.17. The smallest absolute Gasteiger partial charge is 0.335 e. The molecule has 5 rings (SSSR count). The highest BCUT2D eigenvalue weighted by Gasteiger charge is 2.19. The van der Waals surface area contributed by atoms with Gasteiger partial charge in [-0.3, -0.25) is 23.8 Å². The van der Waals surface area contributed by atoms with Crippen molar-refractivity contribution in [1.82, 2.24) is 23.9 Å². The van der Waals surface area contributed by atoms with E-state index < -0.39 is 22.8 Å². The van der Waals surface area contributed by atoms with Crippen molar-refractivity contribution in [3.63, 3.8) is 0 Å². The monoisotopic (exact) mass is 525 g/mol. The molecule has 0 radical (unpaired) electrons. The van der Waals surface area contributed by atoms with Crippen LogP contribution < -0.4 is 16.0 Å². The second-order valence-electron chi connectivity index (χ2n) is 8.85. The van der Waals surface area contributed by atoms with Gasteiger partial charge in [-0.15, -0.1) is 0 Å². The molecule has 0 aliphatic carbocycles. The Morgan fingerprint density at radius 3 is 2.38 bits per heavy atom. The van der Waals surface area contributed by atoms with E-state index in [0.717, 1.165) is 27.8 Å². The Morgan fingerprint density at radius 2 is 1.72 bits per heavy atom. The lowest BCUT2D eigenvalue weighted by Crippen LogP contribution is -2.41. The number of Topliss-reactive ketones (excluding diaryl/α,β-unsaturated/α-hetero) is 1. The summed E-state index contributed by atoms with van der Waals surface area (Å²) in [5, 5.41) is 4.20. The van der Waals surface area contributed by atoms with Crippen LogP contribution in [0.25, 0.3) is 16.8 Å². The molecule has 0 unspecified atom stereocenters. The molecule has 0 saturated carbocycles. The van der Waals surface area contributed by atoms with Gasteiger partial charge in [0.25, 0.3) is 5.56 Å². The average Bonchev–Trinajstić information content (AvgIpc) is 3.37. The number of aromatic nitrogens is 5.